The predicted octanol–water partition coefficient (Wildman–Crippen LogP) is 10.5. The quantitative estimate of drug-likeness (QED) is 0.189. The molecule has 0 heterocycles. The highest BCUT2D eigenvalue weighted by Crippen LogP contribution is 2.64. The maximum Gasteiger partial charge on any atom is 0.0122 e. The lowest BCUT2D eigenvalue weighted by Gasteiger charge is -2.07. The van der Waals surface area contributed by atoms with Crippen LogP contribution in [0.25, 0.3) is 22.3 Å². The molecule has 3 atom stereocenters. The molecule has 2 aliphatic rings. The van der Waals surface area contributed by atoms with Crippen LogP contribution in [-0.4, -0.2) is 0 Å². The van der Waals surface area contributed by atoms with Gasteiger partial charge in [0.25, 0.3) is 0 Å². The molecule has 1 saturated carbocycles. The van der Waals surface area contributed by atoms with E-state index in [0.717, 1.165) is 0 Å². The lowest BCUT2D eigenvalue weighted by atomic mass is 10.00. The fourth-order valence-electron chi connectivity index (χ4n) is 5.86. The minimum atomic E-state index is 0.420. The second kappa shape index (κ2) is 10.9. The van der Waals surface area contributed by atoms with Gasteiger partial charge in [0.2, 0.25) is 0 Å². The zero-order valence-corrected chi connectivity index (χ0v) is 22.9. The molecule has 3 unspecified atom stereocenters. The topological polar surface area (TPSA) is 0 Å². The minimum absolute atomic E-state index is 0.420. The Morgan fingerprint density at radius 1 is 0.450 bits per heavy atom. The number of hydrogen-bond acceptors (Lipinski definition) is 1. The molecule has 5 aromatic rings. The maximum absolute atomic E-state index is 3.40. The molecule has 0 amide bonds. The molecule has 0 aliphatic heterocycles. The molecule has 0 spiro atoms. The highest BCUT2D eigenvalue weighted by molar-refractivity contribution is 7.99. The van der Waals surface area contributed by atoms with E-state index in [-0.39, 0.29) is 0 Å². The molecular weight excluding hydrogens is 500 g/mol. The van der Waals surface area contributed by atoms with E-state index < -0.39 is 0 Å². The van der Waals surface area contributed by atoms with Crippen molar-refractivity contribution in [1.29, 1.82) is 0 Å². The van der Waals surface area contributed by atoms with Gasteiger partial charge in [-0.25, -0.2) is 0 Å². The fourth-order valence-corrected chi connectivity index (χ4v) is 6.67. The molecule has 0 saturated heterocycles. The lowest BCUT2D eigenvalue weighted by molar-refractivity contribution is 0.956. The second-order valence-corrected chi connectivity index (χ2v) is 11.5. The van der Waals surface area contributed by atoms with Crippen molar-refractivity contribution in [2.45, 2.75) is 21.6 Å². The third-order valence-corrected chi connectivity index (χ3v) is 8.93. The van der Waals surface area contributed by atoms with Gasteiger partial charge in [0.1, 0.15) is 0 Å². The Bertz CT molecular complexity index is 1750. The van der Waals surface area contributed by atoms with Crippen molar-refractivity contribution in [1.82, 2.24) is 0 Å². The van der Waals surface area contributed by atoms with Gasteiger partial charge < -0.3 is 0 Å². The number of benzene rings is 5. The van der Waals surface area contributed by atoms with Crippen LogP contribution in [0, 0.1) is 5.92 Å². The van der Waals surface area contributed by atoms with Gasteiger partial charge in [-0.05, 0) is 81.6 Å². The van der Waals surface area contributed by atoms with Crippen molar-refractivity contribution >= 4 is 11.8 Å². The third-order valence-electron chi connectivity index (χ3n) is 7.92. The second-order valence-electron chi connectivity index (χ2n) is 10.4. The summed E-state index contributed by atoms with van der Waals surface area (Å²) >= 11 is 1.81. The first-order chi connectivity index (χ1) is 19.8. The van der Waals surface area contributed by atoms with E-state index >= 15 is 0 Å². The molecule has 1 heteroatoms. The van der Waals surface area contributed by atoms with E-state index in [1.165, 1.54) is 48.7 Å². The minimum Gasteiger partial charge on any atom is -0.0901 e. The van der Waals surface area contributed by atoms with Gasteiger partial charge in [0.05, 0.1) is 0 Å². The summed E-state index contributed by atoms with van der Waals surface area (Å²) in [7, 11) is 0. The normalized spacial score (nSPS) is 18.9. The van der Waals surface area contributed by atoms with Crippen LogP contribution in [0.2, 0.25) is 0 Å². The third kappa shape index (κ3) is 5.07. The van der Waals surface area contributed by atoms with Crippen molar-refractivity contribution in [3.63, 3.8) is 0 Å². The molecule has 0 bridgehead atoms. The van der Waals surface area contributed by atoms with E-state index in [9.17, 15) is 0 Å². The maximum atomic E-state index is 3.40. The van der Waals surface area contributed by atoms with Crippen LogP contribution in [0.5, 0.6) is 0 Å². The van der Waals surface area contributed by atoms with Crippen LogP contribution in [0.15, 0.2) is 179 Å². The highest BCUT2D eigenvalue weighted by Gasteiger charge is 2.53. The van der Waals surface area contributed by atoms with Gasteiger partial charge in [-0.3, -0.25) is 0 Å². The molecular formula is C39H28S. The first kappa shape index (κ1) is 24.5. The van der Waals surface area contributed by atoms with Gasteiger partial charge in [-0.1, -0.05) is 138 Å². The van der Waals surface area contributed by atoms with Gasteiger partial charge in [-0.15, -0.1) is 0 Å². The van der Waals surface area contributed by atoms with Gasteiger partial charge >= 0.3 is 0 Å². The van der Waals surface area contributed by atoms with E-state index in [4.69, 9.17) is 0 Å². The summed E-state index contributed by atoms with van der Waals surface area (Å²) in [5, 5.41) is 0. The van der Waals surface area contributed by atoms with Gasteiger partial charge in [-0.2, -0.15) is 0 Å². The molecule has 0 radical (unpaired) electrons. The number of hydrogen-bond donors (Lipinski definition) is 0. The smallest absolute Gasteiger partial charge is 0.0122 e. The molecule has 2 aliphatic carbocycles. The highest BCUT2D eigenvalue weighted by atomic mass is 32.2. The van der Waals surface area contributed by atoms with Crippen LogP contribution in [0.4, 0.5) is 0 Å². The number of rotatable bonds is 7. The van der Waals surface area contributed by atoms with Crippen LogP contribution in [-0.2, 0) is 0 Å². The molecule has 190 valence electrons. The Hall–Kier alpha value is -4.51. The Morgan fingerprint density at radius 3 is 1.40 bits per heavy atom. The average Bonchev–Trinajstić information content (AvgIpc) is 3.79. The van der Waals surface area contributed by atoms with E-state index in [0.29, 0.717) is 17.8 Å². The van der Waals surface area contributed by atoms with Crippen LogP contribution >= 0.6 is 11.8 Å². The van der Waals surface area contributed by atoms with Crippen molar-refractivity contribution < 1.29 is 0 Å². The Morgan fingerprint density at radius 2 is 0.900 bits per heavy atom. The van der Waals surface area contributed by atoms with Crippen LogP contribution < -0.4 is 0 Å². The van der Waals surface area contributed by atoms with Crippen molar-refractivity contribution in [3.05, 3.63) is 180 Å². The summed E-state index contributed by atoms with van der Waals surface area (Å²) in [6.07, 6.45) is 6.22. The average molecular weight is 529 g/mol. The lowest BCUT2D eigenvalue weighted by Crippen LogP contribution is -1.87. The van der Waals surface area contributed by atoms with E-state index in [1.54, 1.807) is 0 Å². The summed E-state index contributed by atoms with van der Waals surface area (Å²) in [6, 6.07) is 48.3. The molecule has 0 aromatic heterocycles. The van der Waals surface area contributed by atoms with E-state index in [2.05, 4.69) is 157 Å². The first-order valence-corrected chi connectivity index (χ1v) is 14.6. The van der Waals surface area contributed by atoms with Crippen LogP contribution in [0.3, 0.4) is 0 Å². The van der Waals surface area contributed by atoms with Crippen LogP contribution in [0.1, 0.15) is 23.0 Å². The summed E-state index contributed by atoms with van der Waals surface area (Å²) in [6.45, 7) is 0. The largest absolute Gasteiger partial charge is 0.0901 e. The SMILES string of the molecule is C1=C=C(C2C(c3ccc(Sc4ccc(-c5ccccc5)cc4)cc3)C2c2ccc(-c3ccccc3)cc2)C=CC=1. The summed E-state index contributed by atoms with van der Waals surface area (Å²) in [4.78, 5) is 2.51. The molecule has 0 N–H and O–H groups in total. The standard InChI is InChI=1S/C39H28S/c1-4-10-28(11-5-1)30-16-18-33(19-17-30)38-37(32-14-8-3-9-15-32)39(38)34-22-26-36(27-23-34)40-35-24-20-31(21-25-35)29-12-6-2-7-13-29/h1-8,10-14,16-27,37-39H. The number of allylic oxidation sites excluding steroid dienone is 4. The Labute approximate surface area is 240 Å². The van der Waals surface area contributed by atoms with Crippen molar-refractivity contribution in [3.8, 4) is 22.3 Å². The summed E-state index contributed by atoms with van der Waals surface area (Å²) in [5.74, 6) is 1.31. The van der Waals surface area contributed by atoms with Crippen molar-refractivity contribution in [2.75, 3.05) is 0 Å². The van der Waals surface area contributed by atoms with Crippen molar-refractivity contribution in [2.24, 2.45) is 5.92 Å². The van der Waals surface area contributed by atoms with E-state index in [1.807, 2.05) is 17.8 Å². The molecule has 7 rings (SSSR count). The molecule has 1 fully saturated rings. The summed E-state index contributed by atoms with van der Waals surface area (Å²) < 4.78 is 0. The Balaban J connectivity index is 1.11. The fraction of sp³-hybridized carbons (Fsp3) is 0.0769. The zero-order chi connectivity index (χ0) is 26.7. The molecule has 5 aromatic carbocycles. The predicted molar refractivity (Wildman–Crippen MR) is 168 cm³/mol. The molecule has 0 nitrogen and oxygen atoms in total. The summed E-state index contributed by atoms with van der Waals surface area (Å²) in [5.41, 5.74) is 15.6. The molecule has 40 heavy (non-hydrogen) atoms. The monoisotopic (exact) mass is 528 g/mol. The zero-order valence-electron chi connectivity index (χ0n) is 22.1. The first-order valence-electron chi connectivity index (χ1n) is 13.8. The Kier molecular flexibility index (Phi) is 6.70. The van der Waals surface area contributed by atoms with Gasteiger partial charge in [0, 0.05) is 21.3 Å². The van der Waals surface area contributed by atoms with Gasteiger partial charge in [0.15, 0.2) is 0 Å².